The molecule has 0 saturated heterocycles. The van der Waals surface area contributed by atoms with Crippen LogP contribution >= 0.6 is 43.6 Å². The Morgan fingerprint density at radius 3 is 1.35 bits per heavy atom. The van der Waals surface area contributed by atoms with Gasteiger partial charge in [-0.3, -0.25) is 0 Å². The molecule has 26 heavy (non-hydrogen) atoms. The number of halogens is 2. The van der Waals surface area contributed by atoms with Crippen molar-refractivity contribution in [1.82, 2.24) is 0 Å². The predicted molar refractivity (Wildman–Crippen MR) is 122 cm³/mol. The van der Waals surface area contributed by atoms with Crippen molar-refractivity contribution >= 4 is 43.6 Å². The van der Waals surface area contributed by atoms with Crippen molar-refractivity contribution in [2.45, 2.75) is 81.4 Å². The van der Waals surface area contributed by atoms with Crippen molar-refractivity contribution in [3.8, 4) is 0 Å². The number of fused-ring (bicyclic) bond motifs is 2. The zero-order valence-electron chi connectivity index (χ0n) is 17.0. The van der Waals surface area contributed by atoms with E-state index in [1.54, 1.807) is 0 Å². The third-order valence-electron chi connectivity index (χ3n) is 5.37. The quantitative estimate of drug-likeness (QED) is 0.352. The molecule has 0 saturated carbocycles. The van der Waals surface area contributed by atoms with Crippen molar-refractivity contribution in [3.63, 3.8) is 0 Å². The molecule has 140 valence electrons. The van der Waals surface area contributed by atoms with Crippen LogP contribution in [0.3, 0.4) is 0 Å². The number of benzene rings is 2. The van der Waals surface area contributed by atoms with Crippen LogP contribution in [0.5, 0.6) is 0 Å². The molecule has 0 unspecified atom stereocenters. The Morgan fingerprint density at radius 2 is 1.04 bits per heavy atom. The van der Waals surface area contributed by atoms with Crippen molar-refractivity contribution in [3.05, 3.63) is 55.5 Å². The predicted octanol–water partition coefficient (Wildman–Crippen LogP) is 8.60. The standard InChI is InChI=1S/C23H28Br2S/c1-21(2,3)13-9-15-19(17(24)11-13)26-20-16(23(15,7)8)10-14(12-18(20)25)22(4,5)6/h9-12H,1-8H3. The molecule has 0 radical (unpaired) electrons. The van der Waals surface area contributed by atoms with E-state index >= 15 is 0 Å². The topological polar surface area (TPSA) is 0 Å². The van der Waals surface area contributed by atoms with Gasteiger partial charge in [-0.2, -0.15) is 0 Å². The lowest BCUT2D eigenvalue weighted by Gasteiger charge is -2.38. The lowest BCUT2D eigenvalue weighted by atomic mass is 9.73. The molecule has 2 aromatic rings. The Balaban J connectivity index is 2.29. The van der Waals surface area contributed by atoms with Gasteiger partial charge in [0.2, 0.25) is 0 Å². The summed E-state index contributed by atoms with van der Waals surface area (Å²) < 4.78 is 2.41. The van der Waals surface area contributed by atoms with Crippen molar-refractivity contribution in [1.29, 1.82) is 0 Å². The number of hydrogen-bond acceptors (Lipinski definition) is 1. The van der Waals surface area contributed by atoms with Crippen LogP contribution in [0, 0.1) is 0 Å². The Labute approximate surface area is 179 Å². The first-order valence-corrected chi connectivity index (χ1v) is 11.5. The molecule has 2 aromatic carbocycles. The molecule has 0 bridgehead atoms. The van der Waals surface area contributed by atoms with Crippen LogP contribution in [-0.4, -0.2) is 0 Å². The summed E-state index contributed by atoms with van der Waals surface area (Å²) in [4.78, 5) is 2.69. The van der Waals surface area contributed by atoms with E-state index in [2.05, 4.69) is 112 Å². The largest absolute Gasteiger partial charge is 0.0871 e. The van der Waals surface area contributed by atoms with E-state index in [9.17, 15) is 0 Å². The molecule has 1 heterocycles. The second-order valence-corrected chi connectivity index (χ2v) is 12.6. The number of hydrogen-bond donors (Lipinski definition) is 0. The maximum absolute atomic E-state index is 3.86. The van der Waals surface area contributed by atoms with Crippen molar-refractivity contribution in [2.75, 3.05) is 0 Å². The van der Waals surface area contributed by atoms with E-state index in [1.807, 2.05) is 11.8 Å². The van der Waals surface area contributed by atoms with E-state index in [4.69, 9.17) is 0 Å². The Hall–Kier alpha value is -0.250. The zero-order valence-corrected chi connectivity index (χ0v) is 21.0. The maximum Gasteiger partial charge on any atom is 0.0320 e. The summed E-state index contributed by atoms with van der Waals surface area (Å²) in [6.45, 7) is 18.4. The maximum atomic E-state index is 3.86. The van der Waals surface area contributed by atoms with E-state index < -0.39 is 0 Å². The summed E-state index contributed by atoms with van der Waals surface area (Å²) in [6.07, 6.45) is 0. The first kappa shape index (κ1) is 20.5. The summed E-state index contributed by atoms with van der Waals surface area (Å²) in [6, 6.07) is 9.44. The van der Waals surface area contributed by atoms with Gasteiger partial charge in [0.1, 0.15) is 0 Å². The van der Waals surface area contributed by atoms with Gasteiger partial charge in [0, 0.05) is 24.2 Å². The molecule has 1 aliphatic rings. The van der Waals surface area contributed by atoms with Gasteiger partial charge in [-0.05, 0) is 77.1 Å². The third kappa shape index (κ3) is 3.44. The zero-order chi connectivity index (χ0) is 19.7. The minimum Gasteiger partial charge on any atom is -0.0871 e. The van der Waals surface area contributed by atoms with Crippen LogP contribution < -0.4 is 0 Å². The van der Waals surface area contributed by atoms with Crippen molar-refractivity contribution in [2.24, 2.45) is 0 Å². The molecule has 0 amide bonds. The second-order valence-electron chi connectivity index (χ2n) is 9.90. The van der Waals surface area contributed by atoms with Crippen molar-refractivity contribution < 1.29 is 0 Å². The highest BCUT2D eigenvalue weighted by molar-refractivity contribution is 9.11. The first-order valence-electron chi connectivity index (χ1n) is 9.10. The van der Waals surface area contributed by atoms with E-state index in [1.165, 1.54) is 41.0 Å². The lowest BCUT2D eigenvalue weighted by Crippen LogP contribution is -2.27. The molecule has 1 aliphatic heterocycles. The van der Waals surface area contributed by atoms with Gasteiger partial charge in [-0.25, -0.2) is 0 Å². The van der Waals surface area contributed by atoms with Gasteiger partial charge in [0.15, 0.2) is 0 Å². The molecule has 0 spiro atoms. The number of rotatable bonds is 0. The molecule has 0 aliphatic carbocycles. The van der Waals surface area contributed by atoms with Crippen LogP contribution in [0.2, 0.25) is 0 Å². The molecule has 3 rings (SSSR count). The van der Waals surface area contributed by atoms with Gasteiger partial charge in [-0.1, -0.05) is 79.3 Å². The summed E-state index contributed by atoms with van der Waals surface area (Å²) in [5.74, 6) is 0. The molecular weight excluding hydrogens is 468 g/mol. The molecule has 0 fully saturated rings. The monoisotopic (exact) mass is 494 g/mol. The highest BCUT2D eigenvalue weighted by Crippen LogP contribution is 2.55. The fourth-order valence-electron chi connectivity index (χ4n) is 3.44. The minimum atomic E-state index is -0.0382. The van der Waals surface area contributed by atoms with E-state index in [0.717, 1.165) is 0 Å². The van der Waals surface area contributed by atoms with Gasteiger partial charge in [0.25, 0.3) is 0 Å². The SMILES string of the molecule is CC(C)(C)c1cc(Br)c2c(c1)C(C)(C)c1cc(C(C)(C)C)cc(Br)c1S2. The summed E-state index contributed by atoms with van der Waals surface area (Å²) in [5.41, 5.74) is 5.83. The second kappa shape index (κ2) is 6.39. The van der Waals surface area contributed by atoms with Gasteiger partial charge < -0.3 is 0 Å². The molecule has 3 heteroatoms. The summed E-state index contributed by atoms with van der Waals surface area (Å²) in [5, 5.41) is 0. The first-order chi connectivity index (χ1) is 11.7. The fraction of sp³-hybridized carbons (Fsp3) is 0.478. The summed E-state index contributed by atoms with van der Waals surface area (Å²) >= 11 is 9.61. The Kier molecular flexibility index (Phi) is 5.03. The van der Waals surface area contributed by atoms with Crippen LogP contribution in [0.25, 0.3) is 0 Å². The minimum absolute atomic E-state index is 0.0382. The highest BCUT2D eigenvalue weighted by atomic mass is 79.9. The van der Waals surface area contributed by atoms with Gasteiger partial charge in [-0.15, -0.1) is 0 Å². The summed E-state index contributed by atoms with van der Waals surface area (Å²) in [7, 11) is 0. The van der Waals surface area contributed by atoms with E-state index in [0.29, 0.717) is 0 Å². The Bertz CT molecular complexity index is 809. The normalized spacial score (nSPS) is 16.2. The highest BCUT2D eigenvalue weighted by Gasteiger charge is 2.37. The fourth-order valence-corrected chi connectivity index (χ4v) is 6.21. The smallest absolute Gasteiger partial charge is 0.0320 e. The molecule has 0 atom stereocenters. The van der Waals surface area contributed by atoms with E-state index in [-0.39, 0.29) is 16.2 Å². The Morgan fingerprint density at radius 1 is 0.692 bits per heavy atom. The van der Waals surface area contributed by atoms with Crippen LogP contribution in [-0.2, 0) is 16.2 Å². The van der Waals surface area contributed by atoms with Crippen LogP contribution in [0.4, 0.5) is 0 Å². The van der Waals surface area contributed by atoms with Crippen LogP contribution in [0.15, 0.2) is 43.0 Å². The molecular formula is C23H28Br2S. The third-order valence-corrected chi connectivity index (χ3v) is 8.43. The average Bonchev–Trinajstić information content (AvgIpc) is 2.47. The van der Waals surface area contributed by atoms with Gasteiger partial charge >= 0.3 is 0 Å². The van der Waals surface area contributed by atoms with Crippen LogP contribution in [0.1, 0.15) is 77.6 Å². The molecule has 0 aromatic heterocycles. The molecule has 0 N–H and O–H groups in total. The van der Waals surface area contributed by atoms with Gasteiger partial charge in [0.05, 0.1) is 0 Å². The molecule has 0 nitrogen and oxygen atoms in total. The average molecular weight is 496 g/mol. The lowest BCUT2D eigenvalue weighted by molar-refractivity contribution is 0.561.